The monoisotopic (exact) mass is 317 g/mol. The molecule has 2 saturated heterocycles. The van der Waals surface area contributed by atoms with Gasteiger partial charge in [-0.2, -0.15) is 0 Å². The normalized spacial score (nSPS) is 24.4. The van der Waals surface area contributed by atoms with E-state index in [0.29, 0.717) is 25.7 Å². The van der Waals surface area contributed by atoms with E-state index in [2.05, 4.69) is 10.6 Å². The maximum Gasteiger partial charge on any atom is 0.326 e. The van der Waals surface area contributed by atoms with Crippen molar-refractivity contribution in [3.8, 4) is 0 Å². The molecular formula is C10H14CoN2O6. The SMILES string of the molecule is O=C1CCC(C(=O)O)N1.O=C1CCC(C(=O)O)N1.[Co]. The minimum Gasteiger partial charge on any atom is -0.480 e. The molecule has 2 aliphatic heterocycles. The summed E-state index contributed by atoms with van der Waals surface area (Å²) < 4.78 is 0. The van der Waals surface area contributed by atoms with Crippen LogP contribution in [0.2, 0.25) is 0 Å². The second-order valence-corrected chi connectivity index (χ2v) is 3.99. The first-order valence-corrected chi connectivity index (χ1v) is 5.44. The molecule has 1 radical (unpaired) electrons. The fourth-order valence-electron chi connectivity index (χ4n) is 1.60. The van der Waals surface area contributed by atoms with Crippen molar-refractivity contribution in [2.45, 2.75) is 37.8 Å². The molecule has 4 N–H and O–H groups in total. The summed E-state index contributed by atoms with van der Waals surface area (Å²) in [6.07, 6.45) is 1.54. The van der Waals surface area contributed by atoms with Crippen LogP contribution in [-0.4, -0.2) is 46.0 Å². The fourth-order valence-corrected chi connectivity index (χ4v) is 1.60. The van der Waals surface area contributed by atoms with Crippen LogP contribution in [0.3, 0.4) is 0 Å². The molecule has 2 aliphatic rings. The summed E-state index contributed by atoms with van der Waals surface area (Å²) in [6.45, 7) is 0. The zero-order valence-electron chi connectivity index (χ0n) is 9.84. The number of amides is 2. The van der Waals surface area contributed by atoms with Gasteiger partial charge >= 0.3 is 11.9 Å². The van der Waals surface area contributed by atoms with Gasteiger partial charge in [0.25, 0.3) is 0 Å². The van der Waals surface area contributed by atoms with Gasteiger partial charge in [0.05, 0.1) is 0 Å². The molecule has 0 aromatic rings. The van der Waals surface area contributed by atoms with Gasteiger partial charge in [-0.3, -0.25) is 9.59 Å². The fraction of sp³-hybridized carbons (Fsp3) is 0.600. The number of carbonyl (C=O) groups is 4. The van der Waals surface area contributed by atoms with Crippen LogP contribution >= 0.6 is 0 Å². The molecule has 0 aromatic carbocycles. The van der Waals surface area contributed by atoms with Gasteiger partial charge < -0.3 is 20.8 Å². The first kappa shape index (κ1) is 17.4. The Morgan fingerprint density at radius 2 is 1.21 bits per heavy atom. The smallest absolute Gasteiger partial charge is 0.326 e. The molecule has 2 fully saturated rings. The summed E-state index contributed by atoms with van der Waals surface area (Å²) in [5.74, 6) is -2.22. The Hall–Kier alpha value is -1.61. The van der Waals surface area contributed by atoms with E-state index in [9.17, 15) is 19.2 Å². The van der Waals surface area contributed by atoms with Crippen LogP contribution in [0, 0.1) is 0 Å². The zero-order valence-corrected chi connectivity index (χ0v) is 10.9. The van der Waals surface area contributed by atoms with Crippen LogP contribution in [-0.2, 0) is 36.0 Å². The Morgan fingerprint density at radius 3 is 1.32 bits per heavy atom. The van der Waals surface area contributed by atoms with E-state index in [1.54, 1.807) is 0 Å². The predicted molar refractivity (Wildman–Crippen MR) is 57.6 cm³/mol. The van der Waals surface area contributed by atoms with Crippen molar-refractivity contribution in [2.75, 3.05) is 0 Å². The summed E-state index contributed by atoms with van der Waals surface area (Å²) in [5.41, 5.74) is 0. The van der Waals surface area contributed by atoms with Crippen molar-refractivity contribution in [2.24, 2.45) is 0 Å². The number of nitrogens with one attached hydrogen (secondary N) is 2. The van der Waals surface area contributed by atoms with E-state index in [1.807, 2.05) is 0 Å². The largest absolute Gasteiger partial charge is 0.480 e. The third kappa shape index (κ3) is 5.70. The predicted octanol–water partition coefficient (Wildman–Crippen LogP) is -1.30. The Balaban J connectivity index is 0.000000324. The van der Waals surface area contributed by atoms with Crippen LogP contribution in [0.4, 0.5) is 0 Å². The third-order valence-electron chi connectivity index (χ3n) is 2.59. The van der Waals surface area contributed by atoms with Gasteiger partial charge in [-0.1, -0.05) is 0 Å². The second-order valence-electron chi connectivity index (χ2n) is 3.99. The number of hydrogen-bond acceptors (Lipinski definition) is 4. The molecule has 0 aliphatic carbocycles. The summed E-state index contributed by atoms with van der Waals surface area (Å²) in [7, 11) is 0. The van der Waals surface area contributed by atoms with Crippen LogP contribution in [0.5, 0.6) is 0 Å². The van der Waals surface area contributed by atoms with Crippen LogP contribution in [0.15, 0.2) is 0 Å². The van der Waals surface area contributed by atoms with E-state index >= 15 is 0 Å². The first-order chi connectivity index (χ1) is 8.40. The molecular weight excluding hydrogens is 303 g/mol. The van der Waals surface area contributed by atoms with Crippen molar-refractivity contribution in [1.82, 2.24) is 10.6 Å². The molecule has 2 unspecified atom stereocenters. The van der Waals surface area contributed by atoms with Gasteiger partial charge in [-0.15, -0.1) is 0 Å². The third-order valence-corrected chi connectivity index (χ3v) is 2.59. The quantitative estimate of drug-likeness (QED) is 0.500. The Labute approximate surface area is 119 Å². The van der Waals surface area contributed by atoms with E-state index in [-0.39, 0.29) is 28.6 Å². The molecule has 0 saturated carbocycles. The van der Waals surface area contributed by atoms with Gasteiger partial charge in [0.2, 0.25) is 11.8 Å². The Bertz CT molecular complexity index is 350. The number of carbonyl (C=O) groups excluding carboxylic acids is 2. The first-order valence-electron chi connectivity index (χ1n) is 5.44. The van der Waals surface area contributed by atoms with Gasteiger partial charge in [0.15, 0.2) is 0 Å². The topological polar surface area (TPSA) is 133 Å². The average molecular weight is 317 g/mol. The van der Waals surface area contributed by atoms with E-state index in [1.165, 1.54) is 0 Å². The molecule has 2 heterocycles. The van der Waals surface area contributed by atoms with Crippen LogP contribution < -0.4 is 10.6 Å². The standard InChI is InChI=1S/2C5H7NO3.Co/c2*7-4-2-1-3(6-4)5(8)9;/h2*3H,1-2H2,(H,6,7)(H,8,9);. The van der Waals surface area contributed by atoms with Crippen molar-refractivity contribution in [3.63, 3.8) is 0 Å². The molecule has 0 spiro atoms. The molecule has 9 heteroatoms. The zero-order chi connectivity index (χ0) is 13.7. The van der Waals surface area contributed by atoms with Gasteiger partial charge in [0.1, 0.15) is 12.1 Å². The van der Waals surface area contributed by atoms with E-state index in [4.69, 9.17) is 10.2 Å². The minimum absolute atomic E-state index is 0. The van der Waals surface area contributed by atoms with Gasteiger partial charge in [0, 0.05) is 29.6 Å². The molecule has 8 nitrogen and oxygen atoms in total. The molecule has 109 valence electrons. The van der Waals surface area contributed by atoms with Crippen LogP contribution in [0.25, 0.3) is 0 Å². The van der Waals surface area contributed by atoms with Crippen molar-refractivity contribution in [1.29, 1.82) is 0 Å². The maximum atomic E-state index is 10.4. The molecule has 0 bridgehead atoms. The van der Waals surface area contributed by atoms with E-state index in [0.717, 1.165) is 0 Å². The van der Waals surface area contributed by atoms with Crippen LogP contribution in [0.1, 0.15) is 25.7 Å². The molecule has 19 heavy (non-hydrogen) atoms. The summed E-state index contributed by atoms with van der Waals surface area (Å²) in [5, 5.41) is 21.3. The number of carboxylic acid groups (broad SMARTS) is 2. The Kier molecular flexibility index (Phi) is 7.08. The molecule has 2 amide bonds. The van der Waals surface area contributed by atoms with E-state index < -0.39 is 24.0 Å². The van der Waals surface area contributed by atoms with Crippen molar-refractivity contribution in [3.05, 3.63) is 0 Å². The Morgan fingerprint density at radius 1 is 0.895 bits per heavy atom. The number of rotatable bonds is 2. The molecule has 0 aromatic heterocycles. The number of carboxylic acids is 2. The van der Waals surface area contributed by atoms with Crippen molar-refractivity contribution < 1.29 is 46.2 Å². The summed E-state index contributed by atoms with van der Waals surface area (Å²) >= 11 is 0. The number of hydrogen-bond donors (Lipinski definition) is 4. The average Bonchev–Trinajstić information content (AvgIpc) is 2.88. The minimum atomic E-state index is -0.944. The molecule has 2 atom stereocenters. The molecule has 2 rings (SSSR count). The number of aliphatic carboxylic acids is 2. The summed E-state index contributed by atoms with van der Waals surface area (Å²) in [6, 6.07) is -1.28. The maximum absolute atomic E-state index is 10.4. The van der Waals surface area contributed by atoms with Gasteiger partial charge in [-0.25, -0.2) is 9.59 Å². The van der Waals surface area contributed by atoms with Crippen molar-refractivity contribution >= 4 is 23.8 Å². The second kappa shape index (κ2) is 7.74. The van der Waals surface area contributed by atoms with Gasteiger partial charge in [-0.05, 0) is 12.8 Å². The summed E-state index contributed by atoms with van der Waals surface area (Å²) in [4.78, 5) is 41.0.